The molecule has 3 N–H and O–H groups in total. The van der Waals surface area contributed by atoms with Gasteiger partial charge < -0.3 is 20.3 Å². The lowest BCUT2D eigenvalue weighted by atomic mass is 10.1. The number of aliphatic hydroxyl groups is 2. The van der Waals surface area contributed by atoms with Crippen molar-refractivity contribution in [3.05, 3.63) is 23.5 Å². The molecule has 0 bridgehead atoms. The second-order valence-corrected chi connectivity index (χ2v) is 7.32. The summed E-state index contributed by atoms with van der Waals surface area (Å²) in [5, 5.41) is 26.8. The fraction of sp³-hybridized carbons (Fsp3) is 0.588. The van der Waals surface area contributed by atoms with Gasteiger partial charge in [0, 0.05) is 29.1 Å². The molecule has 1 aliphatic carbocycles. The fourth-order valence-corrected chi connectivity index (χ4v) is 2.64. The molecule has 0 aromatic carbocycles. The Kier molecular flexibility index (Phi) is 4.66. The van der Waals surface area contributed by atoms with Crippen LogP contribution in [-0.4, -0.2) is 43.2 Å². The van der Waals surface area contributed by atoms with E-state index in [0.29, 0.717) is 35.6 Å². The van der Waals surface area contributed by atoms with Gasteiger partial charge in [-0.25, -0.2) is 14.5 Å². The molecule has 0 spiro atoms. The number of nitrogens with zero attached hydrogens (tertiary/aromatic N) is 3. The molecule has 8 nitrogen and oxygen atoms in total. The van der Waals surface area contributed by atoms with E-state index < -0.39 is 18.0 Å². The maximum absolute atomic E-state index is 11.7. The number of amides is 1. The van der Waals surface area contributed by atoms with Gasteiger partial charge in [0.25, 0.3) is 0 Å². The summed E-state index contributed by atoms with van der Waals surface area (Å²) in [6.07, 6.45) is 1.64. The van der Waals surface area contributed by atoms with Gasteiger partial charge in [-0.1, -0.05) is 0 Å². The lowest BCUT2D eigenvalue weighted by Crippen LogP contribution is -2.34. The Labute approximate surface area is 145 Å². The van der Waals surface area contributed by atoms with E-state index in [1.54, 1.807) is 37.7 Å². The minimum Gasteiger partial charge on any atom is -0.444 e. The van der Waals surface area contributed by atoms with Crippen LogP contribution in [0.15, 0.2) is 12.3 Å². The Bertz CT molecular complexity index is 775. The molecule has 136 valence electrons. The van der Waals surface area contributed by atoms with E-state index in [1.165, 1.54) is 0 Å². The third-order valence-electron chi connectivity index (χ3n) is 3.93. The Morgan fingerprint density at radius 1 is 1.44 bits per heavy atom. The number of nitrogens with one attached hydrogen (secondary N) is 1. The third kappa shape index (κ3) is 4.26. The van der Waals surface area contributed by atoms with Gasteiger partial charge in [-0.05, 0) is 39.7 Å². The smallest absolute Gasteiger partial charge is 0.407 e. The average Bonchev–Trinajstić information content (AvgIpc) is 3.27. The van der Waals surface area contributed by atoms with Crippen molar-refractivity contribution in [2.75, 3.05) is 6.54 Å². The van der Waals surface area contributed by atoms with Gasteiger partial charge in [0.15, 0.2) is 11.9 Å². The zero-order valence-corrected chi connectivity index (χ0v) is 14.7. The number of pyridine rings is 1. The molecule has 1 amide bonds. The number of hydrogen-bond acceptors (Lipinski definition) is 6. The van der Waals surface area contributed by atoms with Gasteiger partial charge in [0.2, 0.25) is 0 Å². The van der Waals surface area contributed by atoms with Crippen molar-refractivity contribution in [1.29, 1.82) is 0 Å². The van der Waals surface area contributed by atoms with E-state index in [0.717, 1.165) is 18.5 Å². The summed E-state index contributed by atoms with van der Waals surface area (Å²) >= 11 is 0. The third-order valence-corrected chi connectivity index (χ3v) is 3.93. The lowest BCUT2D eigenvalue weighted by molar-refractivity contribution is -0.0414. The SMILES string of the molecule is CC(C)(C)OC(=O)NCCn1ncc2c(C(O)O)cc(C3CC3)nc21. The molecule has 25 heavy (non-hydrogen) atoms. The molecule has 0 atom stereocenters. The first-order valence-corrected chi connectivity index (χ1v) is 8.44. The number of fused-ring (bicyclic) bond motifs is 1. The molecule has 1 fully saturated rings. The first-order valence-electron chi connectivity index (χ1n) is 8.44. The van der Waals surface area contributed by atoms with Crippen molar-refractivity contribution >= 4 is 17.1 Å². The summed E-state index contributed by atoms with van der Waals surface area (Å²) in [7, 11) is 0. The Balaban J connectivity index is 1.75. The molecule has 1 aliphatic rings. The van der Waals surface area contributed by atoms with Crippen LogP contribution in [-0.2, 0) is 11.3 Å². The molecule has 2 aromatic heterocycles. The molecule has 2 aromatic rings. The number of hydrogen-bond donors (Lipinski definition) is 3. The molecule has 0 unspecified atom stereocenters. The lowest BCUT2D eigenvalue weighted by Gasteiger charge is -2.19. The molecular formula is C17H24N4O4. The monoisotopic (exact) mass is 348 g/mol. The quantitative estimate of drug-likeness (QED) is 0.711. The zero-order valence-electron chi connectivity index (χ0n) is 14.7. The van der Waals surface area contributed by atoms with Gasteiger partial charge in [-0.15, -0.1) is 0 Å². The maximum Gasteiger partial charge on any atom is 0.407 e. The zero-order chi connectivity index (χ0) is 18.2. The number of aliphatic hydroxyl groups excluding tert-OH is 1. The minimum atomic E-state index is -1.57. The van der Waals surface area contributed by atoms with Crippen LogP contribution in [0.3, 0.4) is 0 Å². The molecule has 0 aliphatic heterocycles. The van der Waals surface area contributed by atoms with Crippen molar-refractivity contribution in [3.63, 3.8) is 0 Å². The fourth-order valence-electron chi connectivity index (χ4n) is 2.64. The first-order chi connectivity index (χ1) is 11.7. The van der Waals surface area contributed by atoms with E-state index in [-0.39, 0.29) is 0 Å². The van der Waals surface area contributed by atoms with Gasteiger partial charge in [-0.2, -0.15) is 5.10 Å². The van der Waals surface area contributed by atoms with Crippen LogP contribution in [0.25, 0.3) is 11.0 Å². The normalized spacial score (nSPS) is 15.0. The Hall–Kier alpha value is -2.19. The van der Waals surface area contributed by atoms with Crippen molar-refractivity contribution in [1.82, 2.24) is 20.1 Å². The van der Waals surface area contributed by atoms with Crippen molar-refractivity contribution in [2.24, 2.45) is 0 Å². The molecule has 8 heteroatoms. The summed E-state index contributed by atoms with van der Waals surface area (Å²) in [5.74, 6) is 0.380. The van der Waals surface area contributed by atoms with E-state index >= 15 is 0 Å². The van der Waals surface area contributed by atoms with Crippen LogP contribution < -0.4 is 5.32 Å². The molecular weight excluding hydrogens is 324 g/mol. The highest BCUT2D eigenvalue weighted by molar-refractivity contribution is 5.79. The van der Waals surface area contributed by atoms with Crippen molar-refractivity contribution < 1.29 is 19.7 Å². The molecule has 3 rings (SSSR count). The molecule has 2 heterocycles. The molecule has 1 saturated carbocycles. The van der Waals surface area contributed by atoms with Crippen LogP contribution in [0.2, 0.25) is 0 Å². The van der Waals surface area contributed by atoms with Crippen LogP contribution >= 0.6 is 0 Å². The average molecular weight is 348 g/mol. The number of alkyl carbamates (subject to hydrolysis) is 1. The minimum absolute atomic E-state index is 0.331. The van der Waals surface area contributed by atoms with E-state index in [4.69, 9.17) is 4.74 Å². The summed E-state index contributed by atoms with van der Waals surface area (Å²) in [4.78, 5) is 16.3. The van der Waals surface area contributed by atoms with Crippen LogP contribution in [0, 0.1) is 0 Å². The van der Waals surface area contributed by atoms with Crippen molar-refractivity contribution in [2.45, 2.75) is 58.0 Å². The van der Waals surface area contributed by atoms with Crippen LogP contribution in [0.4, 0.5) is 4.79 Å². The topological polar surface area (TPSA) is 110 Å². The number of aromatic nitrogens is 3. The Morgan fingerprint density at radius 3 is 2.76 bits per heavy atom. The predicted molar refractivity (Wildman–Crippen MR) is 90.9 cm³/mol. The first kappa shape index (κ1) is 17.6. The second-order valence-electron chi connectivity index (χ2n) is 7.32. The maximum atomic E-state index is 11.7. The predicted octanol–water partition coefficient (Wildman–Crippen LogP) is 1.82. The van der Waals surface area contributed by atoms with Gasteiger partial charge >= 0.3 is 6.09 Å². The number of carbonyl (C=O) groups is 1. The highest BCUT2D eigenvalue weighted by Gasteiger charge is 2.27. The largest absolute Gasteiger partial charge is 0.444 e. The van der Waals surface area contributed by atoms with Gasteiger partial charge in [-0.3, -0.25) is 0 Å². The summed E-state index contributed by atoms with van der Waals surface area (Å²) < 4.78 is 6.85. The summed E-state index contributed by atoms with van der Waals surface area (Å²) in [6, 6.07) is 1.75. The van der Waals surface area contributed by atoms with Gasteiger partial charge in [0.05, 0.1) is 12.7 Å². The molecule has 0 radical (unpaired) electrons. The van der Waals surface area contributed by atoms with Crippen LogP contribution in [0.1, 0.15) is 57.1 Å². The number of ether oxygens (including phenoxy) is 1. The highest BCUT2D eigenvalue weighted by Crippen LogP contribution is 2.40. The number of rotatable bonds is 5. The van der Waals surface area contributed by atoms with E-state index in [1.807, 2.05) is 0 Å². The van der Waals surface area contributed by atoms with Crippen LogP contribution in [0.5, 0.6) is 0 Å². The van der Waals surface area contributed by atoms with Crippen molar-refractivity contribution in [3.8, 4) is 0 Å². The standard InChI is InChI=1S/C17H24N4O4/c1-17(2,3)25-16(24)18-6-7-21-14-12(9-19-21)11(15(22)23)8-13(20-14)10-4-5-10/h8-10,15,22-23H,4-7H2,1-3H3,(H,18,24). The Morgan fingerprint density at radius 2 is 2.16 bits per heavy atom. The summed E-state index contributed by atoms with van der Waals surface area (Å²) in [6.45, 7) is 6.15. The van der Waals surface area contributed by atoms with E-state index in [2.05, 4.69) is 15.4 Å². The highest BCUT2D eigenvalue weighted by atomic mass is 16.6. The number of carbonyl (C=O) groups excluding carboxylic acids is 1. The van der Waals surface area contributed by atoms with Gasteiger partial charge in [0.1, 0.15) is 5.60 Å². The van der Waals surface area contributed by atoms with E-state index in [9.17, 15) is 15.0 Å². The molecule has 0 saturated heterocycles. The summed E-state index contributed by atoms with van der Waals surface area (Å²) in [5.41, 5.74) is 1.32. The second kappa shape index (κ2) is 6.61.